The lowest BCUT2D eigenvalue weighted by molar-refractivity contribution is -0.386. The molecule has 0 radical (unpaired) electrons. The minimum absolute atomic E-state index is 0.450. The maximum Gasteiger partial charge on any atom is 0.334 e. The predicted molar refractivity (Wildman–Crippen MR) is 58.9 cm³/mol. The van der Waals surface area contributed by atoms with E-state index in [-0.39, 0.29) is 0 Å². The van der Waals surface area contributed by atoms with Gasteiger partial charge in [-0.2, -0.15) is 0 Å². The highest BCUT2D eigenvalue weighted by atomic mass is 79.9. The van der Waals surface area contributed by atoms with Crippen molar-refractivity contribution in [2.75, 3.05) is 0 Å². The van der Waals surface area contributed by atoms with Gasteiger partial charge in [0.15, 0.2) is 0 Å². The van der Waals surface area contributed by atoms with E-state index in [9.17, 15) is 14.9 Å². The number of benzene rings is 1. The van der Waals surface area contributed by atoms with Crippen LogP contribution in [-0.2, 0) is 0 Å². The van der Waals surface area contributed by atoms with Gasteiger partial charge < -0.3 is 4.98 Å². The first kappa shape index (κ1) is 9.85. The van der Waals surface area contributed by atoms with Crippen molar-refractivity contribution in [2.24, 2.45) is 0 Å². The number of fused-ring (bicyclic) bond motifs is 1. The minimum Gasteiger partial charge on any atom is -0.316 e. The van der Waals surface area contributed by atoms with E-state index in [4.69, 9.17) is 0 Å². The summed E-state index contributed by atoms with van der Waals surface area (Å²) in [5.74, 6) is 0. The van der Waals surface area contributed by atoms with Crippen LogP contribution in [0.1, 0.15) is 0 Å². The average molecular weight is 269 g/mol. The number of nitro groups is 1. The molecule has 0 saturated carbocycles. The summed E-state index contributed by atoms with van der Waals surface area (Å²) in [5.41, 5.74) is -0.569. The Kier molecular flexibility index (Phi) is 2.28. The lowest BCUT2D eigenvalue weighted by atomic mass is 10.2. The summed E-state index contributed by atoms with van der Waals surface area (Å²) in [6.07, 6.45) is 0. The molecule has 1 N–H and O–H groups in total. The van der Waals surface area contributed by atoms with Crippen LogP contribution in [0.5, 0.6) is 0 Å². The number of aromatic amines is 1. The molecule has 1 aromatic carbocycles. The van der Waals surface area contributed by atoms with Crippen LogP contribution in [0.3, 0.4) is 0 Å². The van der Waals surface area contributed by atoms with Crippen molar-refractivity contribution < 1.29 is 4.92 Å². The second-order valence-electron chi connectivity index (χ2n) is 2.94. The number of pyridine rings is 1. The Morgan fingerprint density at radius 1 is 1.40 bits per heavy atom. The Labute approximate surface area is 92.0 Å². The molecule has 0 aliphatic rings. The maximum absolute atomic E-state index is 11.3. The zero-order valence-corrected chi connectivity index (χ0v) is 8.95. The molecule has 76 valence electrons. The third-order valence-electron chi connectivity index (χ3n) is 2.01. The van der Waals surface area contributed by atoms with Crippen molar-refractivity contribution in [3.63, 3.8) is 0 Å². The second-order valence-corrected chi connectivity index (χ2v) is 3.80. The Morgan fingerprint density at radius 2 is 2.13 bits per heavy atom. The molecule has 15 heavy (non-hydrogen) atoms. The number of halogens is 1. The fraction of sp³-hybridized carbons (Fsp3) is 0. The number of aromatic nitrogens is 1. The molecular weight excluding hydrogens is 264 g/mol. The minimum atomic E-state index is -0.697. The zero-order chi connectivity index (χ0) is 11.0. The molecule has 6 heteroatoms. The fourth-order valence-corrected chi connectivity index (χ4v) is 1.80. The molecule has 0 saturated heterocycles. The number of rotatable bonds is 1. The van der Waals surface area contributed by atoms with Gasteiger partial charge in [-0.3, -0.25) is 14.9 Å². The van der Waals surface area contributed by atoms with Gasteiger partial charge in [-0.05, 0) is 12.1 Å². The van der Waals surface area contributed by atoms with Gasteiger partial charge in [0.25, 0.3) is 0 Å². The number of H-pyrrole nitrogens is 1. The van der Waals surface area contributed by atoms with Crippen molar-refractivity contribution in [1.82, 2.24) is 4.98 Å². The molecule has 0 aliphatic carbocycles. The Balaban J connectivity index is 2.90. The molecule has 0 unspecified atom stereocenters. The zero-order valence-electron chi connectivity index (χ0n) is 7.36. The SMILES string of the molecule is O=c1[nH]c2cccc(Br)c2cc1[N+](=O)[O-]. The van der Waals surface area contributed by atoms with Crippen LogP contribution in [-0.4, -0.2) is 9.91 Å². The van der Waals surface area contributed by atoms with Crippen molar-refractivity contribution in [2.45, 2.75) is 0 Å². The summed E-state index contributed by atoms with van der Waals surface area (Å²) in [7, 11) is 0. The number of nitrogens with zero attached hydrogens (tertiary/aromatic N) is 1. The van der Waals surface area contributed by atoms with Gasteiger partial charge in [-0.25, -0.2) is 0 Å². The van der Waals surface area contributed by atoms with Crippen molar-refractivity contribution in [3.8, 4) is 0 Å². The molecule has 2 aromatic rings. The third kappa shape index (κ3) is 1.63. The van der Waals surface area contributed by atoms with Crippen LogP contribution in [0.25, 0.3) is 10.9 Å². The van der Waals surface area contributed by atoms with E-state index in [2.05, 4.69) is 20.9 Å². The molecule has 5 nitrogen and oxygen atoms in total. The van der Waals surface area contributed by atoms with Crippen molar-refractivity contribution in [3.05, 3.63) is 49.2 Å². The quantitative estimate of drug-likeness (QED) is 0.636. The first-order chi connectivity index (χ1) is 7.09. The van der Waals surface area contributed by atoms with E-state index in [1.165, 1.54) is 6.07 Å². The Hall–Kier alpha value is -1.69. The van der Waals surface area contributed by atoms with E-state index in [0.717, 1.165) is 0 Å². The lowest BCUT2D eigenvalue weighted by Gasteiger charge is -1.99. The summed E-state index contributed by atoms with van der Waals surface area (Å²) in [5, 5.41) is 11.2. The van der Waals surface area contributed by atoms with Gasteiger partial charge in [-0.15, -0.1) is 0 Å². The normalized spacial score (nSPS) is 10.5. The van der Waals surface area contributed by atoms with Gasteiger partial charge in [-0.1, -0.05) is 22.0 Å². The topological polar surface area (TPSA) is 76.0 Å². The van der Waals surface area contributed by atoms with E-state index in [1.807, 2.05) is 0 Å². The molecule has 1 aromatic heterocycles. The average Bonchev–Trinajstić information content (AvgIpc) is 2.16. The Morgan fingerprint density at radius 3 is 2.80 bits per heavy atom. The standard InChI is InChI=1S/C9H5BrN2O3/c10-6-2-1-3-7-5(6)4-8(12(14)15)9(13)11-7/h1-4H,(H,11,13). The van der Waals surface area contributed by atoms with E-state index < -0.39 is 16.2 Å². The van der Waals surface area contributed by atoms with E-state index in [0.29, 0.717) is 15.4 Å². The summed E-state index contributed by atoms with van der Waals surface area (Å²) in [6, 6.07) is 6.45. The summed E-state index contributed by atoms with van der Waals surface area (Å²) < 4.78 is 0.708. The highest BCUT2D eigenvalue weighted by Crippen LogP contribution is 2.23. The largest absolute Gasteiger partial charge is 0.334 e. The number of nitrogens with one attached hydrogen (secondary N) is 1. The predicted octanol–water partition coefficient (Wildman–Crippen LogP) is 2.20. The van der Waals surface area contributed by atoms with Crippen LogP contribution in [0.15, 0.2) is 33.5 Å². The molecule has 0 amide bonds. The third-order valence-corrected chi connectivity index (χ3v) is 2.70. The van der Waals surface area contributed by atoms with Gasteiger partial charge in [0, 0.05) is 21.4 Å². The van der Waals surface area contributed by atoms with E-state index in [1.54, 1.807) is 18.2 Å². The molecule has 0 spiro atoms. The highest BCUT2D eigenvalue weighted by molar-refractivity contribution is 9.10. The molecule has 0 bridgehead atoms. The fourth-order valence-electron chi connectivity index (χ4n) is 1.32. The Bertz CT molecular complexity index is 606. The molecule has 1 heterocycles. The van der Waals surface area contributed by atoms with Gasteiger partial charge >= 0.3 is 11.2 Å². The number of hydrogen-bond donors (Lipinski definition) is 1. The summed E-state index contributed by atoms with van der Waals surface area (Å²) in [6.45, 7) is 0. The molecule has 0 fully saturated rings. The first-order valence-corrected chi connectivity index (χ1v) is 4.85. The second kappa shape index (κ2) is 3.47. The first-order valence-electron chi connectivity index (χ1n) is 4.05. The maximum atomic E-state index is 11.3. The lowest BCUT2D eigenvalue weighted by Crippen LogP contribution is -2.10. The molecule has 0 aliphatic heterocycles. The molecular formula is C9H5BrN2O3. The summed E-state index contributed by atoms with van der Waals surface area (Å²) in [4.78, 5) is 23.6. The van der Waals surface area contributed by atoms with Gasteiger partial charge in [0.2, 0.25) is 0 Å². The van der Waals surface area contributed by atoms with Gasteiger partial charge in [0.05, 0.1) is 4.92 Å². The highest BCUT2D eigenvalue weighted by Gasteiger charge is 2.13. The summed E-state index contributed by atoms with van der Waals surface area (Å²) >= 11 is 3.26. The van der Waals surface area contributed by atoms with E-state index >= 15 is 0 Å². The molecule has 2 rings (SSSR count). The number of hydrogen-bond acceptors (Lipinski definition) is 3. The van der Waals surface area contributed by atoms with Crippen LogP contribution in [0, 0.1) is 10.1 Å². The van der Waals surface area contributed by atoms with Crippen LogP contribution in [0.4, 0.5) is 5.69 Å². The van der Waals surface area contributed by atoms with Crippen molar-refractivity contribution >= 4 is 32.5 Å². The van der Waals surface area contributed by atoms with Gasteiger partial charge in [0.1, 0.15) is 0 Å². The van der Waals surface area contributed by atoms with Crippen LogP contribution < -0.4 is 5.56 Å². The van der Waals surface area contributed by atoms with Crippen LogP contribution in [0.2, 0.25) is 0 Å². The smallest absolute Gasteiger partial charge is 0.316 e. The van der Waals surface area contributed by atoms with Crippen LogP contribution >= 0.6 is 15.9 Å². The molecule has 0 atom stereocenters. The van der Waals surface area contributed by atoms with Crippen molar-refractivity contribution in [1.29, 1.82) is 0 Å². The monoisotopic (exact) mass is 268 g/mol.